The Kier molecular flexibility index (Phi) is 3.83. The maximum Gasteiger partial charge on any atom is 0.404 e. The SMILES string of the molecule is Cc1c(CNC(=O)O)cc(Cl)c(Cl)c1C. The fraction of sp³-hybridized carbons (Fsp3) is 0.300. The van der Waals surface area contributed by atoms with Crippen LogP contribution in [0.2, 0.25) is 10.0 Å². The highest BCUT2D eigenvalue weighted by molar-refractivity contribution is 6.42. The van der Waals surface area contributed by atoms with Crippen LogP contribution >= 0.6 is 23.2 Å². The van der Waals surface area contributed by atoms with E-state index in [4.69, 9.17) is 28.3 Å². The van der Waals surface area contributed by atoms with Crippen LogP contribution in [0.5, 0.6) is 0 Å². The van der Waals surface area contributed by atoms with Gasteiger partial charge in [0.25, 0.3) is 0 Å². The van der Waals surface area contributed by atoms with Crippen LogP contribution in [-0.2, 0) is 6.54 Å². The zero-order valence-corrected chi connectivity index (χ0v) is 9.91. The quantitative estimate of drug-likeness (QED) is 0.842. The number of rotatable bonds is 2. The Morgan fingerprint density at radius 2 is 2.00 bits per heavy atom. The van der Waals surface area contributed by atoms with Gasteiger partial charge in [-0.15, -0.1) is 0 Å². The summed E-state index contributed by atoms with van der Waals surface area (Å²) in [5.41, 5.74) is 2.67. The van der Waals surface area contributed by atoms with E-state index in [0.717, 1.165) is 16.7 Å². The highest BCUT2D eigenvalue weighted by Crippen LogP contribution is 2.30. The van der Waals surface area contributed by atoms with Gasteiger partial charge < -0.3 is 10.4 Å². The molecule has 0 atom stereocenters. The van der Waals surface area contributed by atoms with E-state index in [2.05, 4.69) is 5.32 Å². The molecule has 1 amide bonds. The maximum absolute atomic E-state index is 10.4. The minimum absolute atomic E-state index is 0.235. The number of carboxylic acid groups (broad SMARTS) is 1. The summed E-state index contributed by atoms with van der Waals surface area (Å²) in [4.78, 5) is 10.4. The van der Waals surface area contributed by atoms with Gasteiger partial charge >= 0.3 is 6.09 Å². The molecule has 0 bridgehead atoms. The summed E-state index contributed by atoms with van der Waals surface area (Å²) in [5.74, 6) is 0. The average molecular weight is 248 g/mol. The molecular formula is C10H11Cl2NO2. The Morgan fingerprint density at radius 3 is 2.53 bits per heavy atom. The van der Waals surface area contributed by atoms with Gasteiger partial charge in [-0.1, -0.05) is 23.2 Å². The van der Waals surface area contributed by atoms with Gasteiger partial charge in [-0.3, -0.25) is 0 Å². The third-order valence-electron chi connectivity index (χ3n) is 2.31. The van der Waals surface area contributed by atoms with Crippen LogP contribution in [0.15, 0.2) is 6.07 Å². The molecule has 0 radical (unpaired) electrons. The summed E-state index contributed by atoms with van der Waals surface area (Å²) in [6.45, 7) is 3.98. The lowest BCUT2D eigenvalue weighted by molar-refractivity contribution is 0.194. The van der Waals surface area contributed by atoms with E-state index in [1.807, 2.05) is 13.8 Å². The molecule has 0 saturated heterocycles. The Hall–Kier alpha value is -0.930. The minimum atomic E-state index is -1.06. The summed E-state index contributed by atoms with van der Waals surface area (Å²) in [6, 6.07) is 1.68. The lowest BCUT2D eigenvalue weighted by Crippen LogP contribution is -2.20. The van der Waals surface area contributed by atoms with E-state index in [1.165, 1.54) is 0 Å². The molecule has 0 saturated carbocycles. The third kappa shape index (κ3) is 2.76. The highest BCUT2D eigenvalue weighted by Gasteiger charge is 2.10. The van der Waals surface area contributed by atoms with Gasteiger partial charge in [0.2, 0.25) is 0 Å². The van der Waals surface area contributed by atoms with Crippen LogP contribution in [-0.4, -0.2) is 11.2 Å². The first kappa shape index (κ1) is 12.1. The normalized spacial score (nSPS) is 10.1. The largest absolute Gasteiger partial charge is 0.465 e. The number of carbonyl (C=O) groups is 1. The smallest absolute Gasteiger partial charge is 0.404 e. The van der Waals surface area contributed by atoms with Gasteiger partial charge in [-0.25, -0.2) is 4.79 Å². The molecule has 0 aromatic heterocycles. The van der Waals surface area contributed by atoms with E-state index >= 15 is 0 Å². The van der Waals surface area contributed by atoms with Crippen LogP contribution in [0.4, 0.5) is 4.79 Å². The second-order valence-corrected chi connectivity index (χ2v) is 4.03. The van der Waals surface area contributed by atoms with Crippen molar-refractivity contribution in [2.45, 2.75) is 20.4 Å². The third-order valence-corrected chi connectivity index (χ3v) is 3.20. The predicted molar refractivity (Wildman–Crippen MR) is 60.8 cm³/mol. The Labute approximate surface area is 98.0 Å². The molecule has 1 aromatic carbocycles. The van der Waals surface area contributed by atoms with Gasteiger partial charge in [-0.05, 0) is 36.6 Å². The molecule has 0 aliphatic carbocycles. The topological polar surface area (TPSA) is 49.3 Å². The number of benzene rings is 1. The van der Waals surface area contributed by atoms with Crippen LogP contribution < -0.4 is 5.32 Å². The Balaban J connectivity index is 3.04. The predicted octanol–water partition coefficient (Wildman–Crippen LogP) is 3.38. The average Bonchev–Trinajstić information content (AvgIpc) is 2.18. The molecular weight excluding hydrogens is 237 g/mol. The van der Waals surface area contributed by atoms with Gasteiger partial charge in [0.1, 0.15) is 0 Å². The van der Waals surface area contributed by atoms with Crippen molar-refractivity contribution in [2.75, 3.05) is 0 Å². The van der Waals surface area contributed by atoms with Gasteiger partial charge in [-0.2, -0.15) is 0 Å². The standard InChI is InChI=1S/C10H11Cl2NO2/c1-5-6(2)9(12)8(11)3-7(5)4-13-10(14)15/h3,13H,4H2,1-2H3,(H,14,15). The van der Waals surface area contributed by atoms with Crippen molar-refractivity contribution in [1.82, 2.24) is 5.32 Å². The molecule has 0 heterocycles. The second-order valence-electron chi connectivity index (χ2n) is 3.24. The van der Waals surface area contributed by atoms with Crippen molar-refractivity contribution >= 4 is 29.3 Å². The van der Waals surface area contributed by atoms with Gasteiger partial charge in [0, 0.05) is 6.54 Å². The van der Waals surface area contributed by atoms with E-state index in [1.54, 1.807) is 6.07 Å². The highest BCUT2D eigenvalue weighted by atomic mass is 35.5. The molecule has 0 aliphatic rings. The number of halogens is 2. The van der Waals surface area contributed by atoms with Gasteiger partial charge in [0.05, 0.1) is 10.0 Å². The molecule has 0 spiro atoms. The monoisotopic (exact) mass is 247 g/mol. The number of hydrogen-bond acceptors (Lipinski definition) is 1. The molecule has 0 fully saturated rings. The fourth-order valence-corrected chi connectivity index (χ4v) is 1.73. The minimum Gasteiger partial charge on any atom is -0.465 e. The van der Waals surface area contributed by atoms with E-state index in [0.29, 0.717) is 10.0 Å². The molecule has 3 nitrogen and oxygen atoms in total. The summed E-state index contributed by atoms with van der Waals surface area (Å²) < 4.78 is 0. The molecule has 1 rings (SSSR count). The molecule has 0 aliphatic heterocycles. The van der Waals surface area contributed by atoms with Crippen LogP contribution in [0.25, 0.3) is 0 Å². The summed E-state index contributed by atoms with van der Waals surface area (Å²) >= 11 is 11.8. The Morgan fingerprint density at radius 1 is 1.40 bits per heavy atom. The number of nitrogens with one attached hydrogen (secondary N) is 1. The van der Waals surface area contributed by atoms with Crippen LogP contribution in [0, 0.1) is 13.8 Å². The molecule has 5 heteroatoms. The first-order valence-corrected chi connectivity index (χ1v) is 5.10. The lowest BCUT2D eigenvalue weighted by Gasteiger charge is -2.11. The zero-order chi connectivity index (χ0) is 11.6. The lowest BCUT2D eigenvalue weighted by atomic mass is 10.0. The van der Waals surface area contributed by atoms with Gasteiger partial charge in [0.15, 0.2) is 0 Å². The van der Waals surface area contributed by atoms with Crippen molar-refractivity contribution in [1.29, 1.82) is 0 Å². The first-order chi connectivity index (χ1) is 6.93. The van der Waals surface area contributed by atoms with Crippen molar-refractivity contribution < 1.29 is 9.90 Å². The van der Waals surface area contributed by atoms with Crippen LogP contribution in [0.1, 0.15) is 16.7 Å². The second kappa shape index (κ2) is 4.73. The van der Waals surface area contributed by atoms with Crippen molar-refractivity contribution in [3.05, 3.63) is 32.8 Å². The maximum atomic E-state index is 10.4. The summed E-state index contributed by atoms with van der Waals surface area (Å²) in [5, 5.41) is 11.7. The van der Waals surface area contributed by atoms with Crippen molar-refractivity contribution in [2.24, 2.45) is 0 Å². The summed E-state index contributed by atoms with van der Waals surface area (Å²) in [6.07, 6.45) is -1.06. The molecule has 82 valence electrons. The number of hydrogen-bond donors (Lipinski definition) is 2. The van der Waals surface area contributed by atoms with E-state index in [9.17, 15) is 4.79 Å². The van der Waals surface area contributed by atoms with Crippen molar-refractivity contribution in [3.63, 3.8) is 0 Å². The molecule has 2 N–H and O–H groups in total. The molecule has 0 unspecified atom stereocenters. The summed E-state index contributed by atoms with van der Waals surface area (Å²) in [7, 11) is 0. The fourth-order valence-electron chi connectivity index (χ4n) is 1.26. The molecule has 1 aromatic rings. The Bertz CT molecular complexity index is 405. The molecule has 15 heavy (non-hydrogen) atoms. The number of amides is 1. The first-order valence-electron chi connectivity index (χ1n) is 4.34. The van der Waals surface area contributed by atoms with Crippen molar-refractivity contribution in [3.8, 4) is 0 Å². The zero-order valence-electron chi connectivity index (χ0n) is 8.40. The van der Waals surface area contributed by atoms with E-state index in [-0.39, 0.29) is 6.54 Å². The van der Waals surface area contributed by atoms with E-state index < -0.39 is 6.09 Å². The van der Waals surface area contributed by atoms with Crippen LogP contribution in [0.3, 0.4) is 0 Å².